The summed E-state index contributed by atoms with van der Waals surface area (Å²) in [4.78, 5) is 4.18. The number of nitrogens with one attached hydrogen (secondary N) is 1. The first-order chi connectivity index (χ1) is 8.62. The monoisotopic (exact) mass is 252 g/mol. The van der Waals surface area contributed by atoms with Crippen LogP contribution in [0.3, 0.4) is 0 Å². The SMILES string of the molecule is CCC(NC(C)C(CC)CC)c1ccc(F)cn1. The standard InChI is InChI=1S/C15H25FN2/c1-5-12(6-2)11(4)18-14(7-3)15-9-8-13(16)10-17-15/h8-12,14,18H,5-7H2,1-4H3. The van der Waals surface area contributed by atoms with Gasteiger partial charge in [-0.3, -0.25) is 4.98 Å². The van der Waals surface area contributed by atoms with E-state index in [4.69, 9.17) is 0 Å². The fraction of sp³-hybridized carbons (Fsp3) is 0.667. The highest BCUT2D eigenvalue weighted by Crippen LogP contribution is 2.19. The van der Waals surface area contributed by atoms with E-state index >= 15 is 0 Å². The third kappa shape index (κ3) is 4.05. The molecule has 2 atom stereocenters. The molecule has 1 N–H and O–H groups in total. The molecule has 18 heavy (non-hydrogen) atoms. The number of pyridine rings is 1. The van der Waals surface area contributed by atoms with Crippen molar-refractivity contribution in [1.82, 2.24) is 10.3 Å². The molecule has 102 valence electrons. The van der Waals surface area contributed by atoms with Crippen LogP contribution in [0.25, 0.3) is 0 Å². The molecule has 2 unspecified atom stereocenters. The molecule has 0 saturated heterocycles. The summed E-state index contributed by atoms with van der Waals surface area (Å²) in [6.07, 6.45) is 4.61. The Bertz CT molecular complexity index is 333. The van der Waals surface area contributed by atoms with E-state index in [-0.39, 0.29) is 11.9 Å². The molecule has 0 aromatic carbocycles. The minimum Gasteiger partial charge on any atom is -0.306 e. The number of rotatable bonds is 7. The first kappa shape index (κ1) is 15.1. The lowest BCUT2D eigenvalue weighted by molar-refractivity contribution is 0.316. The van der Waals surface area contributed by atoms with Gasteiger partial charge >= 0.3 is 0 Å². The van der Waals surface area contributed by atoms with Gasteiger partial charge in [0.1, 0.15) is 5.82 Å². The van der Waals surface area contributed by atoms with Crippen molar-refractivity contribution in [3.63, 3.8) is 0 Å². The Balaban J connectivity index is 2.69. The molecule has 0 amide bonds. The van der Waals surface area contributed by atoms with Gasteiger partial charge in [-0.25, -0.2) is 4.39 Å². The predicted octanol–water partition coefficient (Wildman–Crippen LogP) is 4.09. The van der Waals surface area contributed by atoms with Gasteiger partial charge in [0.15, 0.2) is 0 Å². The van der Waals surface area contributed by atoms with Crippen LogP contribution in [-0.4, -0.2) is 11.0 Å². The lowest BCUT2D eigenvalue weighted by Crippen LogP contribution is -2.36. The molecular formula is C15H25FN2. The zero-order valence-electron chi connectivity index (χ0n) is 11.9. The molecule has 0 aliphatic carbocycles. The van der Waals surface area contributed by atoms with Gasteiger partial charge < -0.3 is 5.32 Å². The molecule has 1 aromatic heterocycles. The summed E-state index contributed by atoms with van der Waals surface area (Å²) in [6.45, 7) is 8.80. The second-order valence-corrected chi connectivity index (χ2v) is 4.89. The average Bonchev–Trinajstić information content (AvgIpc) is 2.38. The Morgan fingerprint density at radius 3 is 2.28 bits per heavy atom. The van der Waals surface area contributed by atoms with Gasteiger partial charge in [-0.05, 0) is 31.4 Å². The van der Waals surface area contributed by atoms with Gasteiger partial charge in [0.05, 0.1) is 11.9 Å². The van der Waals surface area contributed by atoms with Crippen LogP contribution in [0.5, 0.6) is 0 Å². The Hall–Kier alpha value is -0.960. The summed E-state index contributed by atoms with van der Waals surface area (Å²) in [5.41, 5.74) is 0.928. The highest BCUT2D eigenvalue weighted by atomic mass is 19.1. The van der Waals surface area contributed by atoms with E-state index in [1.54, 1.807) is 6.07 Å². The van der Waals surface area contributed by atoms with Crippen LogP contribution in [0.4, 0.5) is 4.39 Å². The number of aromatic nitrogens is 1. The maximum Gasteiger partial charge on any atom is 0.141 e. The van der Waals surface area contributed by atoms with Crippen LogP contribution in [0.15, 0.2) is 18.3 Å². The zero-order chi connectivity index (χ0) is 13.5. The van der Waals surface area contributed by atoms with Crippen LogP contribution in [0, 0.1) is 11.7 Å². The number of halogens is 1. The fourth-order valence-corrected chi connectivity index (χ4v) is 2.45. The van der Waals surface area contributed by atoms with Crippen molar-refractivity contribution in [1.29, 1.82) is 0 Å². The van der Waals surface area contributed by atoms with Crippen molar-refractivity contribution in [2.45, 2.75) is 59.0 Å². The van der Waals surface area contributed by atoms with Gasteiger partial charge in [0.25, 0.3) is 0 Å². The summed E-state index contributed by atoms with van der Waals surface area (Å²) in [5.74, 6) is 0.404. The summed E-state index contributed by atoms with van der Waals surface area (Å²) >= 11 is 0. The summed E-state index contributed by atoms with van der Waals surface area (Å²) in [7, 11) is 0. The lowest BCUT2D eigenvalue weighted by atomic mass is 9.94. The zero-order valence-corrected chi connectivity index (χ0v) is 11.9. The first-order valence-electron chi connectivity index (χ1n) is 6.99. The highest BCUT2D eigenvalue weighted by molar-refractivity contribution is 5.10. The van der Waals surface area contributed by atoms with Crippen LogP contribution >= 0.6 is 0 Å². The topological polar surface area (TPSA) is 24.9 Å². The molecule has 0 aliphatic rings. The first-order valence-corrected chi connectivity index (χ1v) is 6.99. The molecule has 0 bridgehead atoms. The Morgan fingerprint density at radius 1 is 1.17 bits per heavy atom. The van der Waals surface area contributed by atoms with E-state index in [0.29, 0.717) is 12.0 Å². The third-order valence-corrected chi connectivity index (χ3v) is 3.74. The quantitative estimate of drug-likeness (QED) is 0.790. The third-order valence-electron chi connectivity index (χ3n) is 3.74. The molecular weight excluding hydrogens is 227 g/mol. The fourth-order valence-electron chi connectivity index (χ4n) is 2.45. The van der Waals surface area contributed by atoms with Gasteiger partial charge in [-0.1, -0.05) is 33.6 Å². The summed E-state index contributed by atoms with van der Waals surface area (Å²) in [6, 6.07) is 3.92. The van der Waals surface area contributed by atoms with Gasteiger partial charge in [0, 0.05) is 12.1 Å². The van der Waals surface area contributed by atoms with Crippen LogP contribution in [0.2, 0.25) is 0 Å². The molecule has 1 rings (SSSR count). The van der Waals surface area contributed by atoms with Crippen molar-refractivity contribution in [3.8, 4) is 0 Å². The molecule has 1 aromatic rings. The van der Waals surface area contributed by atoms with Crippen molar-refractivity contribution in [2.75, 3.05) is 0 Å². The average molecular weight is 252 g/mol. The van der Waals surface area contributed by atoms with E-state index < -0.39 is 0 Å². The predicted molar refractivity (Wildman–Crippen MR) is 73.9 cm³/mol. The maximum atomic E-state index is 12.9. The van der Waals surface area contributed by atoms with Crippen molar-refractivity contribution < 1.29 is 4.39 Å². The van der Waals surface area contributed by atoms with Gasteiger partial charge in [-0.15, -0.1) is 0 Å². The minimum atomic E-state index is -0.276. The Kier molecular flexibility index (Phi) is 6.27. The molecule has 1 heterocycles. The molecule has 0 fully saturated rings. The second kappa shape index (κ2) is 7.47. The smallest absolute Gasteiger partial charge is 0.141 e. The normalized spacial score (nSPS) is 14.8. The van der Waals surface area contributed by atoms with E-state index in [9.17, 15) is 4.39 Å². The molecule has 0 aliphatic heterocycles. The molecule has 0 radical (unpaired) electrons. The van der Waals surface area contributed by atoms with E-state index in [2.05, 4.69) is 38.0 Å². The molecule has 3 heteroatoms. The van der Waals surface area contributed by atoms with Crippen LogP contribution < -0.4 is 5.32 Å². The Labute approximate surface area is 110 Å². The number of hydrogen-bond acceptors (Lipinski definition) is 2. The largest absolute Gasteiger partial charge is 0.306 e. The summed E-state index contributed by atoms with van der Waals surface area (Å²) in [5, 5.41) is 3.62. The molecule has 2 nitrogen and oxygen atoms in total. The van der Waals surface area contributed by atoms with Crippen LogP contribution in [0.1, 0.15) is 58.7 Å². The van der Waals surface area contributed by atoms with Crippen molar-refractivity contribution >= 4 is 0 Å². The van der Waals surface area contributed by atoms with E-state index in [1.165, 1.54) is 25.1 Å². The van der Waals surface area contributed by atoms with Crippen molar-refractivity contribution in [2.24, 2.45) is 5.92 Å². The highest BCUT2D eigenvalue weighted by Gasteiger charge is 2.18. The minimum absolute atomic E-state index is 0.209. The Morgan fingerprint density at radius 2 is 1.83 bits per heavy atom. The van der Waals surface area contributed by atoms with Crippen LogP contribution in [-0.2, 0) is 0 Å². The van der Waals surface area contributed by atoms with Crippen molar-refractivity contribution in [3.05, 3.63) is 29.8 Å². The lowest BCUT2D eigenvalue weighted by Gasteiger charge is -2.27. The van der Waals surface area contributed by atoms with E-state index in [1.807, 2.05) is 0 Å². The number of hydrogen-bond donors (Lipinski definition) is 1. The van der Waals surface area contributed by atoms with E-state index in [0.717, 1.165) is 12.1 Å². The van der Waals surface area contributed by atoms with Gasteiger partial charge in [0.2, 0.25) is 0 Å². The second-order valence-electron chi connectivity index (χ2n) is 4.89. The maximum absolute atomic E-state index is 12.9. The molecule has 0 saturated carbocycles. The summed E-state index contributed by atoms with van der Waals surface area (Å²) < 4.78 is 12.9. The van der Waals surface area contributed by atoms with Gasteiger partial charge in [-0.2, -0.15) is 0 Å². The molecule has 0 spiro atoms. The number of nitrogens with zero attached hydrogens (tertiary/aromatic N) is 1.